The van der Waals surface area contributed by atoms with Crippen molar-refractivity contribution in [3.05, 3.63) is 35.9 Å². The Morgan fingerprint density at radius 2 is 1.92 bits per heavy atom. The first-order valence-corrected chi connectivity index (χ1v) is 10.2. The van der Waals surface area contributed by atoms with Crippen molar-refractivity contribution >= 4 is 22.6 Å². The number of nitrogens with zero attached hydrogens (tertiary/aromatic N) is 2. The Labute approximate surface area is 156 Å². The number of hydrogen-bond acceptors (Lipinski definition) is 3. The molecule has 4 heteroatoms. The largest absolute Gasteiger partial charge is 0.356 e. The van der Waals surface area contributed by atoms with Gasteiger partial charge in [-0.05, 0) is 43.7 Å². The zero-order valence-electron chi connectivity index (χ0n) is 15.7. The Hall–Kier alpha value is -2.10. The third-order valence-corrected chi connectivity index (χ3v) is 5.87. The minimum atomic E-state index is 0.0572. The molecule has 1 saturated carbocycles. The third-order valence-electron chi connectivity index (χ3n) is 5.87. The second kappa shape index (κ2) is 7.65. The summed E-state index contributed by atoms with van der Waals surface area (Å²) in [6, 6.07) is 10.4. The summed E-state index contributed by atoms with van der Waals surface area (Å²) in [4.78, 5) is 20.3. The minimum Gasteiger partial charge on any atom is -0.356 e. The number of piperidine rings is 1. The molecule has 1 atom stereocenters. The normalized spacial score (nSPS) is 21.7. The fraction of sp³-hybridized carbons (Fsp3) is 0.545. The molecular weight excluding hydrogens is 322 g/mol. The number of para-hydroxylation sites is 1. The molecule has 0 spiro atoms. The van der Waals surface area contributed by atoms with Crippen molar-refractivity contribution < 1.29 is 4.79 Å². The quantitative estimate of drug-likeness (QED) is 0.883. The van der Waals surface area contributed by atoms with Gasteiger partial charge in [-0.2, -0.15) is 0 Å². The van der Waals surface area contributed by atoms with Crippen LogP contribution in [0.15, 0.2) is 30.3 Å². The van der Waals surface area contributed by atoms with Crippen LogP contribution in [-0.2, 0) is 0 Å². The van der Waals surface area contributed by atoms with Crippen molar-refractivity contribution in [3.8, 4) is 0 Å². The minimum absolute atomic E-state index is 0.0572. The van der Waals surface area contributed by atoms with Crippen LogP contribution in [0.1, 0.15) is 62.2 Å². The second-order valence-electron chi connectivity index (χ2n) is 8.05. The van der Waals surface area contributed by atoms with Gasteiger partial charge in [0.25, 0.3) is 5.91 Å². The lowest BCUT2D eigenvalue weighted by molar-refractivity contribution is 0.0929. The molecular formula is C22H29N3O. The number of nitrogens with one attached hydrogen (secondary N) is 1. The third kappa shape index (κ3) is 3.69. The highest BCUT2D eigenvalue weighted by Gasteiger charge is 2.22. The molecule has 1 saturated heterocycles. The van der Waals surface area contributed by atoms with Crippen molar-refractivity contribution in [2.45, 2.75) is 57.9 Å². The van der Waals surface area contributed by atoms with E-state index in [1.165, 1.54) is 32.1 Å². The summed E-state index contributed by atoms with van der Waals surface area (Å²) in [6.07, 6.45) is 8.41. The number of rotatable bonds is 3. The maximum absolute atomic E-state index is 13.1. The highest BCUT2D eigenvalue weighted by molar-refractivity contribution is 6.07. The summed E-state index contributed by atoms with van der Waals surface area (Å²) in [7, 11) is 0. The SMILES string of the molecule is C[C@H]1CCCN(c2cc(C(=O)NC3CCCCC3)c3ccccc3n2)C1. The van der Waals surface area contributed by atoms with Gasteiger partial charge in [-0.25, -0.2) is 4.98 Å². The number of pyridine rings is 1. The highest BCUT2D eigenvalue weighted by atomic mass is 16.1. The molecule has 0 unspecified atom stereocenters. The van der Waals surface area contributed by atoms with E-state index >= 15 is 0 Å². The lowest BCUT2D eigenvalue weighted by Crippen LogP contribution is -2.37. The van der Waals surface area contributed by atoms with E-state index in [4.69, 9.17) is 4.98 Å². The smallest absolute Gasteiger partial charge is 0.252 e. The number of amides is 1. The van der Waals surface area contributed by atoms with Crippen molar-refractivity contribution in [2.75, 3.05) is 18.0 Å². The zero-order chi connectivity index (χ0) is 17.9. The van der Waals surface area contributed by atoms with Gasteiger partial charge in [0, 0.05) is 24.5 Å². The Balaban J connectivity index is 1.66. The number of hydrogen-bond donors (Lipinski definition) is 1. The molecule has 2 fully saturated rings. The molecule has 1 amide bonds. The van der Waals surface area contributed by atoms with Gasteiger partial charge in [0.05, 0.1) is 11.1 Å². The summed E-state index contributed by atoms with van der Waals surface area (Å²) < 4.78 is 0. The molecule has 0 radical (unpaired) electrons. The lowest BCUT2D eigenvalue weighted by atomic mass is 9.95. The van der Waals surface area contributed by atoms with Crippen molar-refractivity contribution in [1.29, 1.82) is 0 Å². The zero-order valence-corrected chi connectivity index (χ0v) is 15.7. The first-order chi connectivity index (χ1) is 12.7. The Morgan fingerprint density at radius 1 is 1.12 bits per heavy atom. The van der Waals surface area contributed by atoms with Crippen LogP contribution in [0.5, 0.6) is 0 Å². The Morgan fingerprint density at radius 3 is 2.73 bits per heavy atom. The van der Waals surface area contributed by atoms with Gasteiger partial charge < -0.3 is 10.2 Å². The van der Waals surface area contributed by atoms with Crippen molar-refractivity contribution in [1.82, 2.24) is 10.3 Å². The van der Waals surface area contributed by atoms with Crippen LogP contribution < -0.4 is 10.2 Å². The summed E-state index contributed by atoms with van der Waals surface area (Å²) >= 11 is 0. The standard InChI is InChI=1S/C22H29N3O/c1-16-8-7-13-25(15-16)21-14-19(18-11-5-6-12-20(18)24-21)22(26)23-17-9-3-2-4-10-17/h5-6,11-12,14,16-17H,2-4,7-10,13,15H2,1H3,(H,23,26)/t16-/m0/s1. The van der Waals surface area contributed by atoms with Gasteiger partial charge in [0.15, 0.2) is 0 Å². The van der Waals surface area contributed by atoms with E-state index in [0.29, 0.717) is 12.0 Å². The van der Waals surface area contributed by atoms with Gasteiger partial charge >= 0.3 is 0 Å². The first-order valence-electron chi connectivity index (χ1n) is 10.2. The van der Waals surface area contributed by atoms with E-state index in [0.717, 1.165) is 48.2 Å². The lowest BCUT2D eigenvalue weighted by Gasteiger charge is -2.32. The number of carbonyl (C=O) groups is 1. The highest BCUT2D eigenvalue weighted by Crippen LogP contribution is 2.27. The number of carbonyl (C=O) groups excluding carboxylic acids is 1. The summed E-state index contributed by atoms with van der Waals surface area (Å²) in [5.74, 6) is 1.68. The maximum Gasteiger partial charge on any atom is 0.252 e. The number of fused-ring (bicyclic) bond motifs is 1. The molecule has 0 bridgehead atoms. The second-order valence-corrected chi connectivity index (χ2v) is 8.05. The molecule has 4 nitrogen and oxygen atoms in total. The maximum atomic E-state index is 13.1. The summed E-state index contributed by atoms with van der Waals surface area (Å²) in [5.41, 5.74) is 1.69. The monoisotopic (exact) mass is 351 g/mol. The average molecular weight is 351 g/mol. The van der Waals surface area contributed by atoms with Gasteiger partial charge in [0.2, 0.25) is 0 Å². The van der Waals surface area contributed by atoms with Crippen LogP contribution in [0.25, 0.3) is 10.9 Å². The predicted molar refractivity (Wildman–Crippen MR) is 107 cm³/mol. The number of benzene rings is 1. The van der Waals surface area contributed by atoms with Crippen molar-refractivity contribution in [2.24, 2.45) is 5.92 Å². The molecule has 2 heterocycles. The van der Waals surface area contributed by atoms with Crippen LogP contribution in [0, 0.1) is 5.92 Å². The van der Waals surface area contributed by atoms with Crippen LogP contribution in [0.3, 0.4) is 0 Å². The van der Waals surface area contributed by atoms with E-state index in [-0.39, 0.29) is 5.91 Å². The molecule has 1 aliphatic carbocycles. The molecule has 138 valence electrons. The molecule has 4 rings (SSSR count). The Bertz CT molecular complexity index is 782. The van der Waals surface area contributed by atoms with Crippen LogP contribution in [0.2, 0.25) is 0 Å². The van der Waals surface area contributed by atoms with E-state index in [1.807, 2.05) is 30.3 Å². The molecule has 1 N–H and O–H groups in total. The summed E-state index contributed by atoms with van der Waals surface area (Å²) in [6.45, 7) is 4.35. The van der Waals surface area contributed by atoms with E-state index < -0.39 is 0 Å². The molecule has 2 aromatic rings. The fourth-order valence-electron chi connectivity index (χ4n) is 4.42. The van der Waals surface area contributed by atoms with Gasteiger partial charge in [-0.1, -0.05) is 44.4 Å². The van der Waals surface area contributed by atoms with Crippen LogP contribution >= 0.6 is 0 Å². The molecule has 1 aromatic heterocycles. The van der Waals surface area contributed by atoms with Crippen molar-refractivity contribution in [3.63, 3.8) is 0 Å². The first kappa shape index (κ1) is 17.3. The van der Waals surface area contributed by atoms with E-state index in [1.54, 1.807) is 0 Å². The van der Waals surface area contributed by atoms with E-state index in [9.17, 15) is 4.79 Å². The average Bonchev–Trinajstić information content (AvgIpc) is 2.68. The van der Waals surface area contributed by atoms with Gasteiger partial charge in [0.1, 0.15) is 5.82 Å². The number of anilines is 1. The molecule has 1 aromatic carbocycles. The topological polar surface area (TPSA) is 45.2 Å². The molecule has 26 heavy (non-hydrogen) atoms. The van der Waals surface area contributed by atoms with Gasteiger partial charge in [-0.15, -0.1) is 0 Å². The number of aromatic nitrogens is 1. The van der Waals surface area contributed by atoms with E-state index in [2.05, 4.69) is 17.1 Å². The van der Waals surface area contributed by atoms with Crippen LogP contribution in [-0.4, -0.2) is 30.0 Å². The van der Waals surface area contributed by atoms with Gasteiger partial charge in [-0.3, -0.25) is 4.79 Å². The van der Waals surface area contributed by atoms with Crippen LogP contribution in [0.4, 0.5) is 5.82 Å². The Kier molecular flexibility index (Phi) is 5.09. The summed E-state index contributed by atoms with van der Waals surface area (Å²) in [5, 5.41) is 4.23. The molecule has 2 aliphatic rings. The fourth-order valence-corrected chi connectivity index (χ4v) is 4.42. The molecule has 1 aliphatic heterocycles. The predicted octanol–water partition coefficient (Wildman–Crippen LogP) is 4.53.